The van der Waals surface area contributed by atoms with Gasteiger partial charge in [0.25, 0.3) is 5.91 Å². The first-order valence-electron chi connectivity index (χ1n) is 8.43. The van der Waals surface area contributed by atoms with Crippen molar-refractivity contribution in [1.29, 1.82) is 0 Å². The van der Waals surface area contributed by atoms with Gasteiger partial charge < -0.3 is 10.1 Å². The third-order valence-electron chi connectivity index (χ3n) is 4.55. The Morgan fingerprint density at radius 2 is 1.75 bits per heavy atom. The average Bonchev–Trinajstić information content (AvgIpc) is 2.47. The molecule has 2 aromatic rings. The van der Waals surface area contributed by atoms with E-state index in [9.17, 15) is 4.79 Å². The van der Waals surface area contributed by atoms with Gasteiger partial charge in [0.15, 0.2) is 0 Å². The second-order valence-electron chi connectivity index (χ2n) is 7.45. The van der Waals surface area contributed by atoms with Crippen LogP contribution in [0, 0.1) is 20.8 Å². The minimum Gasteiger partial charge on any atom is -0.487 e. The predicted molar refractivity (Wildman–Crippen MR) is 96.6 cm³/mol. The minimum atomic E-state index is -0.303. The largest absolute Gasteiger partial charge is 0.487 e. The minimum absolute atomic E-state index is 0.0253. The van der Waals surface area contributed by atoms with Gasteiger partial charge in [0.05, 0.1) is 6.04 Å². The first-order chi connectivity index (χ1) is 11.2. The van der Waals surface area contributed by atoms with E-state index in [4.69, 9.17) is 4.74 Å². The molecule has 0 unspecified atom stereocenters. The summed E-state index contributed by atoms with van der Waals surface area (Å²) in [6.45, 7) is 10.2. The van der Waals surface area contributed by atoms with Crippen LogP contribution in [0.3, 0.4) is 0 Å². The molecule has 1 aliphatic rings. The number of ether oxygens (including phenoxy) is 1. The van der Waals surface area contributed by atoms with Gasteiger partial charge in [0.2, 0.25) is 0 Å². The molecule has 3 heteroatoms. The Kier molecular flexibility index (Phi) is 4.12. The molecular formula is C21H25NO2. The van der Waals surface area contributed by atoms with Gasteiger partial charge >= 0.3 is 0 Å². The van der Waals surface area contributed by atoms with Gasteiger partial charge in [0.1, 0.15) is 11.4 Å². The zero-order chi connectivity index (χ0) is 17.5. The molecule has 1 N–H and O–H groups in total. The summed E-state index contributed by atoms with van der Waals surface area (Å²) in [6.07, 6.45) is 0.750. The van der Waals surface area contributed by atoms with Crippen LogP contribution in [0.4, 0.5) is 0 Å². The van der Waals surface area contributed by atoms with Gasteiger partial charge in [-0.2, -0.15) is 0 Å². The Bertz CT molecular complexity index is 792. The number of hydrogen-bond acceptors (Lipinski definition) is 2. The van der Waals surface area contributed by atoms with Crippen molar-refractivity contribution in [1.82, 2.24) is 5.32 Å². The lowest BCUT2D eigenvalue weighted by molar-refractivity contribution is 0.0619. The molecule has 126 valence electrons. The van der Waals surface area contributed by atoms with Crippen molar-refractivity contribution < 1.29 is 9.53 Å². The van der Waals surface area contributed by atoms with Crippen LogP contribution in [0.1, 0.15) is 58.9 Å². The molecule has 1 atom stereocenters. The molecule has 0 aliphatic carbocycles. The smallest absolute Gasteiger partial charge is 0.252 e. The standard InChI is InChI=1S/C21H25NO2/c1-13-6-8-16(15(3)10-13)20(23)22-18-12-21(4,5)24-19-9-7-14(2)11-17(18)19/h6-11,18H,12H2,1-5H3,(H,22,23)/t18-/m1/s1. The molecule has 0 saturated heterocycles. The number of carbonyl (C=O) groups is 1. The van der Waals surface area contributed by atoms with Crippen molar-refractivity contribution in [2.75, 3.05) is 0 Å². The maximum Gasteiger partial charge on any atom is 0.252 e. The molecule has 3 nitrogen and oxygen atoms in total. The summed E-state index contributed by atoms with van der Waals surface area (Å²) < 4.78 is 6.08. The summed E-state index contributed by atoms with van der Waals surface area (Å²) in [4.78, 5) is 12.8. The molecule has 1 heterocycles. The van der Waals surface area contributed by atoms with Gasteiger partial charge in [-0.05, 0) is 52.3 Å². The van der Waals surface area contributed by atoms with Crippen molar-refractivity contribution in [3.05, 3.63) is 64.2 Å². The van der Waals surface area contributed by atoms with E-state index in [1.807, 2.05) is 44.2 Å². The fraction of sp³-hybridized carbons (Fsp3) is 0.381. The van der Waals surface area contributed by atoms with Crippen molar-refractivity contribution in [3.8, 4) is 5.75 Å². The topological polar surface area (TPSA) is 38.3 Å². The van der Waals surface area contributed by atoms with Crippen molar-refractivity contribution >= 4 is 5.91 Å². The van der Waals surface area contributed by atoms with Crippen LogP contribution in [0.25, 0.3) is 0 Å². The highest BCUT2D eigenvalue weighted by Crippen LogP contribution is 2.40. The molecule has 0 aromatic heterocycles. The number of fused-ring (bicyclic) bond motifs is 1. The van der Waals surface area contributed by atoms with Gasteiger partial charge in [0, 0.05) is 17.5 Å². The van der Waals surface area contributed by atoms with E-state index >= 15 is 0 Å². The second kappa shape index (κ2) is 5.97. The Balaban J connectivity index is 1.91. The fourth-order valence-electron chi connectivity index (χ4n) is 3.41. The lowest BCUT2D eigenvalue weighted by Crippen LogP contribution is -2.41. The van der Waals surface area contributed by atoms with E-state index < -0.39 is 0 Å². The van der Waals surface area contributed by atoms with E-state index in [1.54, 1.807) is 0 Å². The molecule has 0 spiro atoms. The first-order valence-corrected chi connectivity index (χ1v) is 8.43. The number of aryl methyl sites for hydroxylation is 3. The van der Waals surface area contributed by atoms with Gasteiger partial charge in [-0.1, -0.05) is 35.4 Å². The number of nitrogens with one attached hydrogen (secondary N) is 1. The van der Waals surface area contributed by atoms with Crippen LogP contribution in [-0.2, 0) is 0 Å². The van der Waals surface area contributed by atoms with Crippen LogP contribution in [0.2, 0.25) is 0 Å². The number of carbonyl (C=O) groups excluding carboxylic acids is 1. The highest BCUT2D eigenvalue weighted by Gasteiger charge is 2.34. The summed E-state index contributed by atoms with van der Waals surface area (Å²) in [7, 11) is 0. The zero-order valence-corrected chi connectivity index (χ0v) is 15.1. The summed E-state index contributed by atoms with van der Waals surface area (Å²) in [5.41, 5.74) is 4.83. The fourth-order valence-corrected chi connectivity index (χ4v) is 3.41. The summed E-state index contributed by atoms with van der Waals surface area (Å²) in [6, 6.07) is 12.0. The zero-order valence-electron chi connectivity index (χ0n) is 15.1. The molecule has 24 heavy (non-hydrogen) atoms. The van der Waals surface area contributed by atoms with E-state index in [2.05, 4.69) is 32.2 Å². The second-order valence-corrected chi connectivity index (χ2v) is 7.45. The van der Waals surface area contributed by atoms with Crippen LogP contribution in [-0.4, -0.2) is 11.5 Å². The van der Waals surface area contributed by atoms with Gasteiger partial charge in [-0.25, -0.2) is 0 Å². The monoisotopic (exact) mass is 323 g/mol. The highest BCUT2D eigenvalue weighted by atomic mass is 16.5. The van der Waals surface area contributed by atoms with Crippen molar-refractivity contribution in [2.24, 2.45) is 0 Å². The number of hydrogen-bond donors (Lipinski definition) is 1. The molecular weight excluding hydrogens is 298 g/mol. The van der Waals surface area contributed by atoms with E-state index in [0.717, 1.165) is 34.4 Å². The lowest BCUT2D eigenvalue weighted by Gasteiger charge is -2.38. The van der Waals surface area contributed by atoms with Gasteiger partial charge in [-0.15, -0.1) is 0 Å². The maximum absolute atomic E-state index is 12.8. The van der Waals surface area contributed by atoms with Crippen molar-refractivity contribution in [2.45, 2.75) is 52.7 Å². The molecule has 0 fully saturated rings. The maximum atomic E-state index is 12.8. The van der Waals surface area contributed by atoms with E-state index in [1.165, 1.54) is 5.56 Å². The molecule has 0 bridgehead atoms. The molecule has 0 radical (unpaired) electrons. The van der Waals surface area contributed by atoms with Crippen LogP contribution in [0.5, 0.6) is 5.75 Å². The molecule has 1 amide bonds. The van der Waals surface area contributed by atoms with Gasteiger partial charge in [-0.3, -0.25) is 4.79 Å². The average molecular weight is 323 g/mol. The number of amides is 1. The molecule has 2 aromatic carbocycles. The number of benzene rings is 2. The molecule has 1 aliphatic heterocycles. The Hall–Kier alpha value is -2.29. The normalized spacial score (nSPS) is 18.5. The third kappa shape index (κ3) is 3.30. The highest BCUT2D eigenvalue weighted by molar-refractivity contribution is 5.96. The third-order valence-corrected chi connectivity index (χ3v) is 4.55. The van der Waals surface area contributed by atoms with E-state index in [-0.39, 0.29) is 17.6 Å². The molecule has 0 saturated carbocycles. The Labute approximate surface area is 144 Å². The molecule has 3 rings (SSSR count). The quantitative estimate of drug-likeness (QED) is 0.874. The Morgan fingerprint density at radius 1 is 1.08 bits per heavy atom. The van der Waals surface area contributed by atoms with E-state index in [0.29, 0.717) is 0 Å². The summed E-state index contributed by atoms with van der Waals surface area (Å²) in [5, 5.41) is 3.22. The Morgan fingerprint density at radius 3 is 2.46 bits per heavy atom. The SMILES string of the molecule is Cc1ccc(C(=O)N[C@@H]2CC(C)(C)Oc3ccc(C)cc32)c(C)c1. The first kappa shape index (κ1) is 16.6. The van der Waals surface area contributed by atoms with Crippen LogP contribution in [0.15, 0.2) is 36.4 Å². The summed E-state index contributed by atoms with van der Waals surface area (Å²) in [5.74, 6) is 0.838. The van der Waals surface area contributed by atoms with Crippen LogP contribution < -0.4 is 10.1 Å². The lowest BCUT2D eigenvalue weighted by atomic mass is 9.88. The predicted octanol–water partition coefficient (Wildman–Crippen LogP) is 4.64. The van der Waals surface area contributed by atoms with Crippen molar-refractivity contribution in [3.63, 3.8) is 0 Å². The number of rotatable bonds is 2. The summed E-state index contributed by atoms with van der Waals surface area (Å²) >= 11 is 0. The van der Waals surface area contributed by atoms with Crippen LogP contribution >= 0.6 is 0 Å².